The molecule has 0 atom stereocenters. The highest BCUT2D eigenvalue weighted by Crippen LogP contribution is 2.26. The van der Waals surface area contributed by atoms with Crippen molar-refractivity contribution in [3.8, 4) is 0 Å². The molecule has 1 aromatic rings. The molecule has 1 saturated heterocycles. The van der Waals surface area contributed by atoms with Crippen LogP contribution in [0.4, 0.5) is 16.2 Å². The molecular weight excluding hydrogens is 258 g/mol. The van der Waals surface area contributed by atoms with Gasteiger partial charge < -0.3 is 11.1 Å². The Morgan fingerprint density at radius 1 is 1.47 bits per heavy atom. The number of halogens is 1. The summed E-state index contributed by atoms with van der Waals surface area (Å²) in [6.45, 7) is 1.51. The third-order valence-electron chi connectivity index (χ3n) is 2.38. The Bertz CT molecular complexity index is 394. The summed E-state index contributed by atoms with van der Waals surface area (Å²) in [5, 5.41) is 2.81. The molecule has 5 heteroatoms. The third-order valence-corrected chi connectivity index (χ3v) is 3.06. The average molecular weight is 270 g/mol. The highest BCUT2D eigenvalue weighted by atomic mass is 79.9. The van der Waals surface area contributed by atoms with Crippen molar-refractivity contribution in [3.05, 3.63) is 22.7 Å². The second-order valence-corrected chi connectivity index (χ2v) is 4.30. The van der Waals surface area contributed by atoms with Crippen molar-refractivity contribution >= 4 is 33.3 Å². The Balaban J connectivity index is 2.28. The molecule has 2 amide bonds. The van der Waals surface area contributed by atoms with Crippen molar-refractivity contribution in [1.29, 1.82) is 0 Å². The van der Waals surface area contributed by atoms with Crippen LogP contribution in [0.5, 0.6) is 0 Å². The molecule has 0 spiro atoms. The van der Waals surface area contributed by atoms with E-state index in [0.717, 1.165) is 29.7 Å². The van der Waals surface area contributed by atoms with E-state index >= 15 is 0 Å². The maximum absolute atomic E-state index is 11.6. The molecule has 3 N–H and O–H groups in total. The number of urea groups is 1. The van der Waals surface area contributed by atoms with Crippen molar-refractivity contribution < 1.29 is 4.79 Å². The normalized spacial score (nSPS) is 16.3. The van der Waals surface area contributed by atoms with E-state index in [2.05, 4.69) is 21.2 Å². The van der Waals surface area contributed by atoms with Crippen LogP contribution in [0.25, 0.3) is 0 Å². The molecule has 1 aliphatic heterocycles. The number of carbonyl (C=O) groups excluding carboxylic acids is 1. The molecule has 1 heterocycles. The molecule has 1 aromatic carbocycles. The van der Waals surface area contributed by atoms with E-state index < -0.39 is 0 Å². The van der Waals surface area contributed by atoms with E-state index in [1.807, 2.05) is 12.1 Å². The molecule has 0 aromatic heterocycles. The zero-order valence-electron chi connectivity index (χ0n) is 8.16. The summed E-state index contributed by atoms with van der Waals surface area (Å²) in [6, 6.07) is 5.46. The van der Waals surface area contributed by atoms with E-state index in [1.54, 1.807) is 11.0 Å². The smallest absolute Gasteiger partial charge is 0.321 e. The van der Waals surface area contributed by atoms with Crippen LogP contribution in [0.1, 0.15) is 6.42 Å². The van der Waals surface area contributed by atoms with Crippen LogP contribution in [-0.4, -0.2) is 19.1 Å². The van der Waals surface area contributed by atoms with Crippen LogP contribution < -0.4 is 16.0 Å². The van der Waals surface area contributed by atoms with Gasteiger partial charge in [-0.3, -0.25) is 4.90 Å². The largest absolute Gasteiger partial charge is 0.398 e. The molecule has 2 rings (SSSR count). The van der Waals surface area contributed by atoms with Crippen molar-refractivity contribution in [3.63, 3.8) is 0 Å². The van der Waals surface area contributed by atoms with Gasteiger partial charge in [0.1, 0.15) is 0 Å². The van der Waals surface area contributed by atoms with Gasteiger partial charge >= 0.3 is 6.03 Å². The predicted molar refractivity (Wildman–Crippen MR) is 63.9 cm³/mol. The topological polar surface area (TPSA) is 58.4 Å². The number of carbonyl (C=O) groups is 1. The first-order valence-electron chi connectivity index (χ1n) is 4.79. The maximum atomic E-state index is 11.6. The lowest BCUT2D eigenvalue weighted by molar-refractivity contribution is 0.243. The Hall–Kier alpha value is -1.23. The number of nitrogens with two attached hydrogens (primary N) is 1. The van der Waals surface area contributed by atoms with Crippen LogP contribution >= 0.6 is 15.9 Å². The molecule has 1 aliphatic rings. The van der Waals surface area contributed by atoms with Crippen molar-refractivity contribution in [1.82, 2.24) is 5.32 Å². The molecular formula is C10H12BrN3O. The second kappa shape index (κ2) is 4.10. The number of nitrogen functional groups attached to an aromatic ring is 1. The molecule has 4 nitrogen and oxygen atoms in total. The summed E-state index contributed by atoms with van der Waals surface area (Å²) >= 11 is 3.35. The van der Waals surface area contributed by atoms with Gasteiger partial charge in [0.05, 0.1) is 0 Å². The molecule has 0 saturated carbocycles. The fourth-order valence-electron chi connectivity index (χ4n) is 1.56. The first kappa shape index (κ1) is 10.3. The van der Waals surface area contributed by atoms with E-state index in [0.29, 0.717) is 5.69 Å². The number of nitrogens with one attached hydrogen (secondary N) is 1. The van der Waals surface area contributed by atoms with Crippen molar-refractivity contribution in [2.45, 2.75) is 6.42 Å². The standard InChI is InChI=1S/C10H12BrN3O/c11-8-6-7(2-3-9(8)12)14-5-1-4-13-10(14)15/h2-3,6H,1,4-5,12H2,(H,13,15). The van der Waals surface area contributed by atoms with Crippen LogP contribution in [0.3, 0.4) is 0 Å². The van der Waals surface area contributed by atoms with E-state index in [9.17, 15) is 4.79 Å². The van der Waals surface area contributed by atoms with Gasteiger partial charge in [-0.1, -0.05) is 0 Å². The minimum Gasteiger partial charge on any atom is -0.398 e. The molecule has 1 fully saturated rings. The Kier molecular flexibility index (Phi) is 2.81. The van der Waals surface area contributed by atoms with Gasteiger partial charge in [-0.15, -0.1) is 0 Å². The van der Waals surface area contributed by atoms with Crippen molar-refractivity contribution in [2.75, 3.05) is 23.7 Å². The van der Waals surface area contributed by atoms with Crippen LogP contribution in [0.15, 0.2) is 22.7 Å². The molecule has 0 radical (unpaired) electrons. The summed E-state index contributed by atoms with van der Waals surface area (Å²) in [5.41, 5.74) is 7.23. The summed E-state index contributed by atoms with van der Waals surface area (Å²) < 4.78 is 0.818. The quantitative estimate of drug-likeness (QED) is 0.766. The van der Waals surface area contributed by atoms with Gasteiger partial charge in [-0.25, -0.2) is 4.79 Å². The second-order valence-electron chi connectivity index (χ2n) is 3.44. The van der Waals surface area contributed by atoms with Gasteiger partial charge in [0.25, 0.3) is 0 Å². The van der Waals surface area contributed by atoms with E-state index in [-0.39, 0.29) is 6.03 Å². The SMILES string of the molecule is Nc1ccc(N2CCCNC2=O)cc1Br. The number of benzene rings is 1. The first-order valence-corrected chi connectivity index (χ1v) is 5.58. The summed E-state index contributed by atoms with van der Waals surface area (Å²) in [4.78, 5) is 13.3. The summed E-state index contributed by atoms with van der Waals surface area (Å²) in [7, 11) is 0. The number of anilines is 2. The van der Waals surface area contributed by atoms with Crippen molar-refractivity contribution in [2.24, 2.45) is 0 Å². The molecule has 0 unspecified atom stereocenters. The van der Waals surface area contributed by atoms with Crippen LogP contribution in [-0.2, 0) is 0 Å². The Morgan fingerprint density at radius 2 is 2.27 bits per heavy atom. The van der Waals surface area contributed by atoms with Gasteiger partial charge in [0.2, 0.25) is 0 Å². The number of nitrogens with zero attached hydrogens (tertiary/aromatic N) is 1. The van der Waals surface area contributed by atoms with E-state index in [4.69, 9.17) is 5.73 Å². The Morgan fingerprint density at radius 3 is 2.93 bits per heavy atom. The molecule has 15 heavy (non-hydrogen) atoms. The van der Waals surface area contributed by atoms with E-state index in [1.165, 1.54) is 0 Å². The lowest BCUT2D eigenvalue weighted by Crippen LogP contribution is -2.46. The molecule has 0 bridgehead atoms. The van der Waals surface area contributed by atoms with Gasteiger partial charge in [0.15, 0.2) is 0 Å². The zero-order valence-corrected chi connectivity index (χ0v) is 9.75. The first-order chi connectivity index (χ1) is 7.18. The molecule has 0 aliphatic carbocycles. The monoisotopic (exact) mass is 269 g/mol. The fraction of sp³-hybridized carbons (Fsp3) is 0.300. The number of hydrogen-bond donors (Lipinski definition) is 2. The minimum absolute atomic E-state index is 0.0436. The average Bonchev–Trinajstić information content (AvgIpc) is 2.23. The predicted octanol–water partition coefficient (Wildman–Crippen LogP) is 1.95. The van der Waals surface area contributed by atoms with Crippen LogP contribution in [0.2, 0.25) is 0 Å². The minimum atomic E-state index is -0.0436. The van der Waals surface area contributed by atoms with Gasteiger partial charge in [-0.05, 0) is 40.5 Å². The fourth-order valence-corrected chi connectivity index (χ4v) is 1.93. The highest BCUT2D eigenvalue weighted by Gasteiger charge is 2.19. The Labute approximate surface area is 96.6 Å². The molecule has 80 valence electrons. The number of rotatable bonds is 1. The van der Waals surface area contributed by atoms with Crippen LogP contribution in [0, 0.1) is 0 Å². The van der Waals surface area contributed by atoms with Gasteiger partial charge in [0, 0.05) is 28.9 Å². The van der Waals surface area contributed by atoms with Gasteiger partial charge in [-0.2, -0.15) is 0 Å². The number of hydrogen-bond acceptors (Lipinski definition) is 2. The zero-order chi connectivity index (χ0) is 10.8. The highest BCUT2D eigenvalue weighted by molar-refractivity contribution is 9.10. The maximum Gasteiger partial charge on any atom is 0.321 e. The lowest BCUT2D eigenvalue weighted by atomic mass is 10.2. The number of amides is 2. The summed E-state index contributed by atoms with van der Waals surface area (Å²) in [6.07, 6.45) is 0.966. The lowest BCUT2D eigenvalue weighted by Gasteiger charge is -2.27. The third kappa shape index (κ3) is 2.07. The summed E-state index contributed by atoms with van der Waals surface area (Å²) in [5.74, 6) is 0.